The molecule has 3 heteroatoms. The average molecular weight is 183 g/mol. The Morgan fingerprint density at radius 2 is 2.00 bits per heavy atom. The number of hydrogen-bond acceptors (Lipinski definition) is 2. The Morgan fingerprint density at radius 3 is 2.46 bits per heavy atom. The van der Waals surface area contributed by atoms with Crippen molar-refractivity contribution in [2.75, 3.05) is 7.11 Å². The van der Waals surface area contributed by atoms with Gasteiger partial charge in [0.25, 0.3) is 0 Å². The lowest BCUT2D eigenvalue weighted by molar-refractivity contribution is 0.109. The highest BCUT2D eigenvalue weighted by Crippen LogP contribution is 2.41. The highest BCUT2D eigenvalue weighted by Gasteiger charge is 2.36. The van der Waals surface area contributed by atoms with Crippen LogP contribution in [0.3, 0.4) is 0 Å². The molecule has 0 radical (unpaired) electrons. The second kappa shape index (κ2) is 3.56. The zero-order valence-corrected chi connectivity index (χ0v) is 8.08. The van der Waals surface area contributed by atoms with Gasteiger partial charge in [-0.25, -0.2) is 4.79 Å². The van der Waals surface area contributed by atoms with Gasteiger partial charge >= 0.3 is 6.09 Å². The first-order chi connectivity index (χ1) is 6.29. The molecule has 3 rings (SSSR count). The van der Waals surface area contributed by atoms with E-state index in [1.165, 1.54) is 39.2 Å². The summed E-state index contributed by atoms with van der Waals surface area (Å²) in [6, 6.07) is 0.389. The fourth-order valence-electron chi connectivity index (χ4n) is 2.76. The fraction of sp³-hybridized carbons (Fsp3) is 0.900. The van der Waals surface area contributed by atoms with E-state index in [0.29, 0.717) is 12.0 Å². The van der Waals surface area contributed by atoms with Gasteiger partial charge in [-0.3, -0.25) is 0 Å². The van der Waals surface area contributed by atoms with Crippen LogP contribution < -0.4 is 5.32 Å². The summed E-state index contributed by atoms with van der Waals surface area (Å²) in [4.78, 5) is 11.0. The molecule has 0 aliphatic heterocycles. The summed E-state index contributed by atoms with van der Waals surface area (Å²) in [6.45, 7) is 0. The molecule has 3 nitrogen and oxygen atoms in total. The van der Waals surface area contributed by atoms with Crippen molar-refractivity contribution in [3.8, 4) is 0 Å². The largest absolute Gasteiger partial charge is 0.453 e. The Hall–Kier alpha value is -0.730. The minimum atomic E-state index is -0.266. The lowest BCUT2D eigenvalue weighted by Gasteiger charge is -2.42. The van der Waals surface area contributed by atoms with E-state index < -0.39 is 0 Å². The molecular formula is C10H17NO2. The van der Waals surface area contributed by atoms with Crippen LogP contribution >= 0.6 is 0 Å². The predicted octanol–water partition coefficient (Wildman–Crippen LogP) is 1.92. The summed E-state index contributed by atoms with van der Waals surface area (Å²) in [5, 5.41) is 2.94. The molecular weight excluding hydrogens is 166 g/mol. The lowest BCUT2D eigenvalue weighted by Crippen LogP contribution is -2.47. The Bertz CT molecular complexity index is 197. The van der Waals surface area contributed by atoms with E-state index in [4.69, 9.17) is 0 Å². The molecule has 13 heavy (non-hydrogen) atoms. The van der Waals surface area contributed by atoms with Gasteiger partial charge in [-0.15, -0.1) is 0 Å². The molecule has 0 aromatic heterocycles. The Balaban J connectivity index is 1.90. The van der Waals surface area contributed by atoms with E-state index in [1.54, 1.807) is 0 Å². The predicted molar refractivity (Wildman–Crippen MR) is 49.4 cm³/mol. The van der Waals surface area contributed by atoms with Crippen LogP contribution in [0, 0.1) is 11.8 Å². The number of carbonyl (C=O) groups is 1. The van der Waals surface area contributed by atoms with Gasteiger partial charge in [-0.1, -0.05) is 12.8 Å². The minimum absolute atomic E-state index is 0.266. The summed E-state index contributed by atoms with van der Waals surface area (Å²) in [6.07, 6.45) is 6.21. The van der Waals surface area contributed by atoms with E-state index in [0.717, 1.165) is 5.92 Å². The molecule has 1 unspecified atom stereocenters. The first kappa shape index (κ1) is 8.85. The van der Waals surface area contributed by atoms with Gasteiger partial charge in [-0.05, 0) is 31.1 Å². The van der Waals surface area contributed by atoms with Crippen LogP contribution in [0.5, 0.6) is 0 Å². The zero-order valence-electron chi connectivity index (χ0n) is 8.08. The number of rotatable bonds is 1. The maximum absolute atomic E-state index is 11.0. The summed E-state index contributed by atoms with van der Waals surface area (Å²) in [5.41, 5.74) is 0. The summed E-state index contributed by atoms with van der Waals surface area (Å²) in [5.74, 6) is 1.57. The van der Waals surface area contributed by atoms with Gasteiger partial charge < -0.3 is 10.1 Å². The summed E-state index contributed by atoms with van der Waals surface area (Å²) < 4.78 is 4.61. The number of methoxy groups -OCH3 is 1. The van der Waals surface area contributed by atoms with E-state index in [-0.39, 0.29) is 6.09 Å². The molecule has 3 aliphatic rings. The Kier molecular flexibility index (Phi) is 2.42. The number of amides is 1. The first-order valence-electron chi connectivity index (χ1n) is 5.14. The van der Waals surface area contributed by atoms with E-state index in [9.17, 15) is 4.79 Å². The number of alkyl carbamates (subject to hydrolysis) is 1. The van der Waals surface area contributed by atoms with E-state index in [2.05, 4.69) is 10.1 Å². The maximum Gasteiger partial charge on any atom is 0.407 e. The number of carbonyl (C=O) groups excluding carboxylic acids is 1. The molecule has 2 bridgehead atoms. The van der Waals surface area contributed by atoms with Gasteiger partial charge in [0.15, 0.2) is 0 Å². The van der Waals surface area contributed by atoms with Crippen molar-refractivity contribution in [2.24, 2.45) is 11.8 Å². The van der Waals surface area contributed by atoms with Crippen molar-refractivity contribution < 1.29 is 9.53 Å². The molecule has 1 amide bonds. The molecule has 0 aromatic rings. The monoisotopic (exact) mass is 183 g/mol. The molecule has 1 atom stereocenters. The van der Waals surface area contributed by atoms with Crippen molar-refractivity contribution >= 4 is 6.09 Å². The Morgan fingerprint density at radius 1 is 1.31 bits per heavy atom. The summed E-state index contributed by atoms with van der Waals surface area (Å²) in [7, 11) is 1.43. The third kappa shape index (κ3) is 1.79. The third-order valence-corrected chi connectivity index (χ3v) is 3.54. The van der Waals surface area contributed by atoms with Gasteiger partial charge in [0.1, 0.15) is 0 Å². The lowest BCUT2D eigenvalue weighted by atomic mass is 9.68. The zero-order chi connectivity index (χ0) is 9.26. The van der Waals surface area contributed by atoms with Crippen molar-refractivity contribution in [1.82, 2.24) is 5.32 Å². The number of fused-ring (bicyclic) bond motifs is 3. The average Bonchev–Trinajstić information content (AvgIpc) is 2.19. The Labute approximate surface area is 78.8 Å². The molecule has 0 spiro atoms. The number of ether oxygens (including phenoxy) is 1. The normalized spacial score (nSPS) is 37.2. The van der Waals surface area contributed by atoms with Gasteiger partial charge in [0.05, 0.1) is 7.11 Å². The van der Waals surface area contributed by atoms with Crippen LogP contribution in [-0.4, -0.2) is 19.2 Å². The number of hydrogen-bond donors (Lipinski definition) is 1. The fourth-order valence-corrected chi connectivity index (χ4v) is 2.76. The van der Waals surface area contributed by atoms with Crippen molar-refractivity contribution in [3.05, 3.63) is 0 Å². The van der Waals surface area contributed by atoms with Gasteiger partial charge in [0.2, 0.25) is 0 Å². The molecule has 0 saturated heterocycles. The van der Waals surface area contributed by atoms with Crippen LogP contribution in [-0.2, 0) is 4.74 Å². The van der Waals surface area contributed by atoms with Crippen LogP contribution in [0.2, 0.25) is 0 Å². The molecule has 3 saturated carbocycles. The number of nitrogens with one attached hydrogen (secondary N) is 1. The second-order valence-corrected chi connectivity index (χ2v) is 4.26. The molecule has 1 N–H and O–H groups in total. The summed E-state index contributed by atoms with van der Waals surface area (Å²) >= 11 is 0. The maximum atomic E-state index is 11.0. The van der Waals surface area contributed by atoms with Crippen LogP contribution in [0.15, 0.2) is 0 Å². The SMILES string of the molecule is COC(=O)NC1CC2CCC1CC2. The highest BCUT2D eigenvalue weighted by atomic mass is 16.5. The van der Waals surface area contributed by atoms with E-state index in [1.807, 2.05) is 0 Å². The first-order valence-corrected chi connectivity index (χ1v) is 5.14. The van der Waals surface area contributed by atoms with Crippen LogP contribution in [0.1, 0.15) is 32.1 Å². The quantitative estimate of drug-likeness (QED) is 0.674. The standard InChI is InChI=1S/C10H17NO2/c1-13-10(12)11-9-6-7-2-4-8(9)5-3-7/h7-9H,2-6H2,1H3,(H,11,12). The van der Waals surface area contributed by atoms with Crippen molar-refractivity contribution in [2.45, 2.75) is 38.1 Å². The van der Waals surface area contributed by atoms with Crippen LogP contribution in [0.4, 0.5) is 4.79 Å². The van der Waals surface area contributed by atoms with E-state index >= 15 is 0 Å². The molecule has 3 fully saturated rings. The molecule has 0 heterocycles. The van der Waals surface area contributed by atoms with Crippen LogP contribution in [0.25, 0.3) is 0 Å². The third-order valence-electron chi connectivity index (χ3n) is 3.54. The minimum Gasteiger partial charge on any atom is -0.453 e. The van der Waals surface area contributed by atoms with Gasteiger partial charge in [-0.2, -0.15) is 0 Å². The van der Waals surface area contributed by atoms with Crippen molar-refractivity contribution in [3.63, 3.8) is 0 Å². The molecule has 74 valence electrons. The highest BCUT2D eigenvalue weighted by molar-refractivity contribution is 5.67. The molecule has 0 aromatic carbocycles. The smallest absolute Gasteiger partial charge is 0.407 e. The molecule has 3 aliphatic carbocycles. The second-order valence-electron chi connectivity index (χ2n) is 4.26. The van der Waals surface area contributed by atoms with Gasteiger partial charge in [0, 0.05) is 6.04 Å². The van der Waals surface area contributed by atoms with Crippen molar-refractivity contribution in [1.29, 1.82) is 0 Å². The topological polar surface area (TPSA) is 38.3 Å².